The van der Waals surface area contributed by atoms with Crippen molar-refractivity contribution in [2.75, 3.05) is 0 Å². The van der Waals surface area contributed by atoms with Crippen molar-refractivity contribution in [1.29, 1.82) is 0 Å². The molecule has 0 bridgehead atoms. The molecule has 0 saturated heterocycles. The molecule has 0 fully saturated rings. The molecule has 1 heteroatoms. The molecule has 0 aromatic rings. The van der Waals surface area contributed by atoms with Crippen molar-refractivity contribution in [2.45, 2.75) is 26.8 Å². The molecule has 14 heavy (non-hydrogen) atoms. The van der Waals surface area contributed by atoms with Crippen LogP contribution in [-0.4, -0.2) is 12.3 Å². The normalized spacial score (nSPS) is 35.8. The Kier molecular flexibility index (Phi) is 2.40. The highest BCUT2D eigenvalue weighted by atomic mass is 14.8. The monoisotopic (exact) mass is 187 g/mol. The van der Waals surface area contributed by atoms with Gasteiger partial charge in [-0.3, -0.25) is 4.99 Å². The first-order valence-electron chi connectivity index (χ1n) is 5.25. The van der Waals surface area contributed by atoms with Gasteiger partial charge < -0.3 is 0 Å². The summed E-state index contributed by atoms with van der Waals surface area (Å²) in [5.41, 5.74) is 2.77. The summed E-state index contributed by atoms with van der Waals surface area (Å²) in [5, 5.41) is 0. The van der Waals surface area contributed by atoms with Crippen LogP contribution in [0.4, 0.5) is 0 Å². The standard InChI is InChI=1S/C13H17N/c1-9-4-5-12-11(3)6-10(2)7-13(12)14-8-9/h4-9,12-13H,1-3H3. The Bertz CT molecular complexity index is 344. The Labute approximate surface area is 85.9 Å². The van der Waals surface area contributed by atoms with Gasteiger partial charge in [-0.25, -0.2) is 0 Å². The summed E-state index contributed by atoms with van der Waals surface area (Å²) in [5.74, 6) is 0.960. The quantitative estimate of drug-likeness (QED) is 0.517. The van der Waals surface area contributed by atoms with Crippen LogP contribution < -0.4 is 0 Å². The van der Waals surface area contributed by atoms with Gasteiger partial charge in [0.2, 0.25) is 0 Å². The highest BCUT2D eigenvalue weighted by molar-refractivity contribution is 5.64. The second-order valence-electron chi connectivity index (χ2n) is 4.36. The van der Waals surface area contributed by atoms with Crippen molar-refractivity contribution in [3.63, 3.8) is 0 Å². The van der Waals surface area contributed by atoms with Crippen molar-refractivity contribution in [3.8, 4) is 0 Å². The van der Waals surface area contributed by atoms with Gasteiger partial charge in [0.05, 0.1) is 6.04 Å². The van der Waals surface area contributed by atoms with Crippen molar-refractivity contribution < 1.29 is 0 Å². The lowest BCUT2D eigenvalue weighted by Gasteiger charge is -2.23. The van der Waals surface area contributed by atoms with Crippen LogP contribution in [0.15, 0.2) is 40.4 Å². The van der Waals surface area contributed by atoms with Crippen LogP contribution in [0.3, 0.4) is 0 Å². The summed E-state index contributed by atoms with van der Waals surface area (Å²) in [6.07, 6.45) is 11.1. The van der Waals surface area contributed by atoms with E-state index < -0.39 is 0 Å². The van der Waals surface area contributed by atoms with Crippen LogP contribution in [0.2, 0.25) is 0 Å². The van der Waals surface area contributed by atoms with Crippen LogP contribution in [-0.2, 0) is 0 Å². The highest BCUT2D eigenvalue weighted by Gasteiger charge is 2.22. The second-order valence-corrected chi connectivity index (χ2v) is 4.36. The van der Waals surface area contributed by atoms with E-state index in [1.165, 1.54) is 11.1 Å². The molecule has 0 aromatic carbocycles. The van der Waals surface area contributed by atoms with Crippen LogP contribution in [0.25, 0.3) is 0 Å². The van der Waals surface area contributed by atoms with E-state index in [0.29, 0.717) is 17.9 Å². The van der Waals surface area contributed by atoms with Gasteiger partial charge in [0, 0.05) is 18.1 Å². The fourth-order valence-electron chi connectivity index (χ4n) is 2.13. The molecular weight excluding hydrogens is 170 g/mol. The first-order chi connectivity index (χ1) is 6.66. The van der Waals surface area contributed by atoms with Crippen molar-refractivity contribution >= 4 is 6.21 Å². The molecule has 3 atom stereocenters. The molecule has 3 unspecified atom stereocenters. The minimum atomic E-state index is 0.334. The Morgan fingerprint density at radius 1 is 1.21 bits per heavy atom. The highest BCUT2D eigenvalue weighted by Crippen LogP contribution is 2.29. The molecule has 0 N–H and O–H groups in total. The number of aliphatic imine (C=N–C) groups is 1. The van der Waals surface area contributed by atoms with E-state index in [9.17, 15) is 0 Å². The molecular formula is C13H17N. The zero-order chi connectivity index (χ0) is 10.1. The lowest BCUT2D eigenvalue weighted by molar-refractivity contribution is 0.650. The zero-order valence-corrected chi connectivity index (χ0v) is 9.07. The van der Waals surface area contributed by atoms with E-state index >= 15 is 0 Å². The van der Waals surface area contributed by atoms with Gasteiger partial charge in [-0.05, 0) is 13.8 Å². The van der Waals surface area contributed by atoms with Gasteiger partial charge in [0.15, 0.2) is 0 Å². The number of nitrogens with zero attached hydrogens (tertiary/aromatic N) is 1. The molecule has 74 valence electrons. The van der Waals surface area contributed by atoms with Gasteiger partial charge in [0.1, 0.15) is 0 Å². The lowest BCUT2D eigenvalue weighted by atomic mass is 9.86. The van der Waals surface area contributed by atoms with E-state index in [1.807, 2.05) is 0 Å². The molecule has 2 rings (SSSR count). The minimum Gasteiger partial charge on any atom is -0.288 e. The molecule has 0 aromatic heterocycles. The van der Waals surface area contributed by atoms with Gasteiger partial charge in [0.25, 0.3) is 0 Å². The van der Waals surface area contributed by atoms with E-state index in [0.717, 1.165) is 0 Å². The van der Waals surface area contributed by atoms with E-state index in [1.54, 1.807) is 0 Å². The fraction of sp³-hybridized carbons (Fsp3) is 0.462. The first-order valence-corrected chi connectivity index (χ1v) is 5.25. The summed E-state index contributed by atoms with van der Waals surface area (Å²) >= 11 is 0. The summed E-state index contributed by atoms with van der Waals surface area (Å²) in [6, 6.07) is 0.334. The zero-order valence-electron chi connectivity index (χ0n) is 9.07. The van der Waals surface area contributed by atoms with Crippen LogP contribution in [0.1, 0.15) is 20.8 Å². The largest absolute Gasteiger partial charge is 0.288 e. The van der Waals surface area contributed by atoms with Crippen molar-refractivity contribution in [2.24, 2.45) is 16.8 Å². The Balaban J connectivity index is 2.36. The number of rotatable bonds is 0. The summed E-state index contributed by atoms with van der Waals surface area (Å²) in [6.45, 7) is 6.52. The lowest BCUT2D eigenvalue weighted by Crippen LogP contribution is -2.18. The maximum absolute atomic E-state index is 4.62. The summed E-state index contributed by atoms with van der Waals surface area (Å²) in [7, 11) is 0. The third kappa shape index (κ3) is 1.72. The minimum absolute atomic E-state index is 0.334. The van der Waals surface area contributed by atoms with E-state index in [4.69, 9.17) is 0 Å². The molecule has 0 amide bonds. The Hall–Kier alpha value is -1.11. The predicted molar refractivity (Wildman–Crippen MR) is 61.6 cm³/mol. The fourth-order valence-corrected chi connectivity index (χ4v) is 2.13. The molecule has 2 aliphatic rings. The number of allylic oxidation sites excluding steroid dienone is 3. The van der Waals surface area contributed by atoms with Crippen molar-refractivity contribution in [1.82, 2.24) is 0 Å². The number of hydrogen-bond acceptors (Lipinski definition) is 1. The molecule has 0 spiro atoms. The van der Waals surface area contributed by atoms with E-state index in [-0.39, 0.29) is 0 Å². The average Bonchev–Trinajstić information content (AvgIpc) is 2.28. The van der Waals surface area contributed by atoms with Crippen LogP contribution in [0, 0.1) is 11.8 Å². The Morgan fingerprint density at radius 2 is 2.00 bits per heavy atom. The second kappa shape index (κ2) is 3.56. The van der Waals surface area contributed by atoms with Gasteiger partial charge in [-0.15, -0.1) is 0 Å². The SMILES string of the molecule is CC1=CC2N=CC(C)C=CC2C(C)=C1. The topological polar surface area (TPSA) is 12.4 Å². The summed E-state index contributed by atoms with van der Waals surface area (Å²) < 4.78 is 0. The van der Waals surface area contributed by atoms with E-state index in [2.05, 4.69) is 56.3 Å². The molecule has 1 heterocycles. The van der Waals surface area contributed by atoms with Crippen LogP contribution >= 0.6 is 0 Å². The molecule has 1 nitrogen and oxygen atoms in total. The third-order valence-electron chi connectivity index (χ3n) is 2.90. The number of hydrogen-bond donors (Lipinski definition) is 0. The van der Waals surface area contributed by atoms with Crippen molar-refractivity contribution in [3.05, 3.63) is 35.5 Å². The predicted octanol–water partition coefficient (Wildman–Crippen LogP) is 3.15. The van der Waals surface area contributed by atoms with Gasteiger partial charge in [-0.2, -0.15) is 0 Å². The average molecular weight is 187 g/mol. The molecule has 1 aliphatic heterocycles. The molecule has 1 aliphatic carbocycles. The van der Waals surface area contributed by atoms with Crippen LogP contribution in [0.5, 0.6) is 0 Å². The smallest absolute Gasteiger partial charge is 0.0781 e. The molecule has 0 radical (unpaired) electrons. The maximum atomic E-state index is 4.62. The van der Waals surface area contributed by atoms with Gasteiger partial charge in [-0.1, -0.05) is 42.4 Å². The maximum Gasteiger partial charge on any atom is 0.0781 e. The van der Waals surface area contributed by atoms with Gasteiger partial charge >= 0.3 is 0 Å². The first kappa shape index (κ1) is 9.45. The molecule has 0 saturated carbocycles. The Morgan fingerprint density at radius 3 is 2.79 bits per heavy atom. The third-order valence-corrected chi connectivity index (χ3v) is 2.90. The summed E-state index contributed by atoms with van der Waals surface area (Å²) in [4.78, 5) is 4.62. The number of fused-ring (bicyclic) bond motifs is 1.